The number of carboxylic acids is 1. The molecule has 0 saturated carbocycles. The molecule has 4 atom stereocenters. The molecule has 53 heavy (non-hydrogen) atoms. The van der Waals surface area contributed by atoms with E-state index in [1.54, 1.807) is 20.2 Å². The maximum absolute atomic E-state index is 14.2. The predicted octanol–water partition coefficient (Wildman–Crippen LogP) is 2.29. The van der Waals surface area contributed by atoms with Crippen LogP contribution in [0, 0.1) is 11.3 Å². The number of benzene rings is 1. The fraction of sp³-hybridized carbons (Fsp3) is 0.564. The van der Waals surface area contributed by atoms with Gasteiger partial charge in [0.2, 0.25) is 23.6 Å². The zero-order valence-electron chi connectivity index (χ0n) is 32.7. The van der Waals surface area contributed by atoms with Crippen molar-refractivity contribution in [3.8, 4) is 0 Å². The first kappa shape index (κ1) is 44.3. The number of amides is 6. The molecule has 1 aromatic carbocycles. The van der Waals surface area contributed by atoms with E-state index in [9.17, 15) is 38.7 Å². The molecular formula is C39H58N6O8. The van der Waals surface area contributed by atoms with Crippen molar-refractivity contribution >= 4 is 41.4 Å². The Hall–Kier alpha value is -4.85. The van der Waals surface area contributed by atoms with Crippen LogP contribution in [-0.4, -0.2) is 108 Å². The number of carbonyl (C=O) groups excluding carboxylic acids is 6. The van der Waals surface area contributed by atoms with Gasteiger partial charge in [-0.1, -0.05) is 84.9 Å². The minimum Gasteiger partial charge on any atom is -0.480 e. The van der Waals surface area contributed by atoms with Crippen molar-refractivity contribution in [2.45, 2.75) is 104 Å². The quantitative estimate of drug-likeness (QED) is 0.0805. The Bertz CT molecular complexity index is 1540. The van der Waals surface area contributed by atoms with Crippen molar-refractivity contribution < 1.29 is 38.7 Å². The predicted molar refractivity (Wildman–Crippen MR) is 201 cm³/mol. The van der Waals surface area contributed by atoms with Gasteiger partial charge in [-0.25, -0.2) is 4.79 Å². The van der Waals surface area contributed by atoms with Gasteiger partial charge in [-0.3, -0.25) is 33.7 Å². The van der Waals surface area contributed by atoms with Gasteiger partial charge in [0.15, 0.2) is 0 Å². The molecule has 292 valence electrons. The summed E-state index contributed by atoms with van der Waals surface area (Å²) in [6.07, 6.45) is 3.92. The summed E-state index contributed by atoms with van der Waals surface area (Å²) >= 11 is 0. The van der Waals surface area contributed by atoms with E-state index in [2.05, 4.69) is 21.3 Å². The summed E-state index contributed by atoms with van der Waals surface area (Å²) in [7, 11) is 3.32. The molecular weight excluding hydrogens is 680 g/mol. The molecule has 1 aliphatic rings. The molecule has 14 nitrogen and oxygen atoms in total. The molecule has 0 fully saturated rings. The molecule has 1 aromatic rings. The second-order valence-corrected chi connectivity index (χ2v) is 15.4. The monoisotopic (exact) mass is 738 g/mol. The molecule has 0 saturated heterocycles. The van der Waals surface area contributed by atoms with E-state index in [4.69, 9.17) is 0 Å². The van der Waals surface area contributed by atoms with Crippen LogP contribution in [0.2, 0.25) is 0 Å². The zero-order valence-corrected chi connectivity index (χ0v) is 32.7. The van der Waals surface area contributed by atoms with Crippen molar-refractivity contribution in [3.05, 3.63) is 59.7 Å². The Morgan fingerprint density at radius 2 is 1.51 bits per heavy atom. The normalized spacial score (nSPS) is 15.8. The number of nitrogens with zero attached hydrogens (tertiary/aromatic N) is 2. The van der Waals surface area contributed by atoms with Crippen LogP contribution in [-0.2, 0) is 39.0 Å². The summed E-state index contributed by atoms with van der Waals surface area (Å²) in [5, 5.41) is 21.0. The Labute approximate surface area is 313 Å². The van der Waals surface area contributed by atoms with E-state index in [-0.39, 0.29) is 49.2 Å². The van der Waals surface area contributed by atoms with Gasteiger partial charge in [0.1, 0.15) is 12.1 Å². The number of hydrogen-bond donors (Lipinski definition) is 5. The van der Waals surface area contributed by atoms with E-state index in [1.165, 1.54) is 24.0 Å². The summed E-state index contributed by atoms with van der Waals surface area (Å²) in [5.74, 6) is -4.11. The molecule has 5 N–H and O–H groups in total. The summed E-state index contributed by atoms with van der Waals surface area (Å²) in [4.78, 5) is 91.5. The lowest BCUT2D eigenvalue weighted by Gasteiger charge is -2.40. The van der Waals surface area contributed by atoms with Crippen LogP contribution in [0.15, 0.2) is 54.1 Å². The molecule has 0 unspecified atom stereocenters. The van der Waals surface area contributed by atoms with Crippen LogP contribution in [0.1, 0.15) is 80.2 Å². The number of carbonyl (C=O) groups is 7. The lowest BCUT2D eigenvalue weighted by Crippen LogP contribution is -2.61. The SMILES string of the molecule is CN[C@H](C(=O)N[C@H](C(=O)N(C)[C@H](/C=C(\C)C(=O)N[C@H](CCC(=O)NCCCN1C(=O)C=CC1=O)C(=O)O)C(C)C)C(C)(C)C)C(C)(C)c1ccccc1. The van der Waals surface area contributed by atoms with Gasteiger partial charge in [0, 0.05) is 49.7 Å². The lowest BCUT2D eigenvalue weighted by molar-refractivity contribution is -0.141. The third-order valence-corrected chi connectivity index (χ3v) is 9.49. The molecule has 6 amide bonds. The zero-order chi connectivity index (χ0) is 40.3. The Kier molecular flexibility index (Phi) is 16.1. The maximum atomic E-state index is 14.2. The van der Waals surface area contributed by atoms with Crippen LogP contribution >= 0.6 is 0 Å². The standard InChI is InChI=1S/C39H58N6O8/c1-24(2)28(44(10)36(51)33(38(4,5)6)43-35(50)32(40-9)39(7,8)26-15-12-11-13-16-26)23-25(3)34(49)42-27(37(52)53)17-18-29(46)41-21-14-22-45-30(47)19-20-31(45)48/h11-13,15-16,19-20,23-24,27-28,32-33,40H,14,17-18,21-22H2,1-10H3,(H,41,46)(H,42,49)(H,43,50)(H,52,53)/b25-23+/t27-,28-,32-,33-/m1/s1. The molecule has 1 aliphatic heterocycles. The molecule has 0 aromatic heterocycles. The van der Waals surface area contributed by atoms with Crippen molar-refractivity contribution in [1.29, 1.82) is 0 Å². The lowest BCUT2D eigenvalue weighted by atomic mass is 9.76. The Morgan fingerprint density at radius 1 is 0.925 bits per heavy atom. The highest BCUT2D eigenvalue weighted by molar-refractivity contribution is 6.12. The van der Waals surface area contributed by atoms with Gasteiger partial charge in [0.25, 0.3) is 11.8 Å². The van der Waals surface area contributed by atoms with Crippen LogP contribution in [0.25, 0.3) is 0 Å². The van der Waals surface area contributed by atoms with Gasteiger partial charge < -0.3 is 31.3 Å². The van der Waals surface area contributed by atoms with Crippen molar-refractivity contribution in [3.63, 3.8) is 0 Å². The van der Waals surface area contributed by atoms with Crippen molar-refractivity contribution in [1.82, 2.24) is 31.1 Å². The molecule has 0 spiro atoms. The number of likely N-dealkylation sites (N-methyl/N-ethyl adjacent to an activating group) is 2. The molecule has 0 aliphatic carbocycles. The number of nitrogens with one attached hydrogen (secondary N) is 4. The molecule has 14 heteroatoms. The highest BCUT2D eigenvalue weighted by atomic mass is 16.4. The van der Waals surface area contributed by atoms with Crippen LogP contribution in [0.3, 0.4) is 0 Å². The first-order valence-electron chi connectivity index (χ1n) is 18.0. The first-order chi connectivity index (χ1) is 24.6. The van der Waals surface area contributed by atoms with Crippen LogP contribution < -0.4 is 21.3 Å². The number of carboxylic acid groups (broad SMARTS) is 1. The van der Waals surface area contributed by atoms with E-state index in [0.29, 0.717) is 6.42 Å². The summed E-state index contributed by atoms with van der Waals surface area (Å²) in [6.45, 7) is 15.1. The molecule has 0 bridgehead atoms. The highest BCUT2D eigenvalue weighted by Gasteiger charge is 2.41. The van der Waals surface area contributed by atoms with Gasteiger partial charge in [-0.15, -0.1) is 0 Å². The summed E-state index contributed by atoms with van der Waals surface area (Å²) < 4.78 is 0. The van der Waals surface area contributed by atoms with Crippen LogP contribution in [0.5, 0.6) is 0 Å². The maximum Gasteiger partial charge on any atom is 0.326 e. The second-order valence-electron chi connectivity index (χ2n) is 15.4. The first-order valence-corrected chi connectivity index (χ1v) is 18.0. The fourth-order valence-electron chi connectivity index (χ4n) is 6.17. The number of imide groups is 1. The third-order valence-electron chi connectivity index (χ3n) is 9.49. The Balaban J connectivity index is 2.11. The van der Waals surface area contributed by atoms with Crippen LogP contribution in [0.4, 0.5) is 0 Å². The second kappa shape index (κ2) is 19.3. The topological polar surface area (TPSA) is 194 Å². The summed E-state index contributed by atoms with van der Waals surface area (Å²) in [5.41, 5.74) is -0.161. The smallest absolute Gasteiger partial charge is 0.326 e. The van der Waals surface area contributed by atoms with E-state index < -0.39 is 64.6 Å². The molecule has 1 heterocycles. The Morgan fingerprint density at radius 3 is 2.02 bits per heavy atom. The summed E-state index contributed by atoms with van der Waals surface area (Å²) in [6, 6.07) is 6.11. The minimum absolute atomic E-state index is 0.137. The van der Waals surface area contributed by atoms with Gasteiger partial charge in [0.05, 0.1) is 12.1 Å². The number of rotatable bonds is 19. The van der Waals surface area contributed by atoms with Gasteiger partial charge in [-0.2, -0.15) is 0 Å². The van der Waals surface area contributed by atoms with Gasteiger partial charge in [-0.05, 0) is 43.7 Å². The average Bonchev–Trinajstić information content (AvgIpc) is 3.41. The average molecular weight is 739 g/mol. The molecule has 0 radical (unpaired) electrons. The van der Waals surface area contributed by atoms with Crippen molar-refractivity contribution in [2.75, 3.05) is 27.2 Å². The number of hydrogen-bond acceptors (Lipinski definition) is 8. The number of aliphatic carboxylic acids is 1. The minimum atomic E-state index is -1.36. The van der Waals surface area contributed by atoms with Crippen molar-refractivity contribution in [2.24, 2.45) is 11.3 Å². The highest BCUT2D eigenvalue weighted by Crippen LogP contribution is 2.29. The molecule has 2 rings (SSSR count). The van der Waals surface area contributed by atoms with E-state index >= 15 is 0 Å². The van der Waals surface area contributed by atoms with Gasteiger partial charge >= 0.3 is 5.97 Å². The van der Waals surface area contributed by atoms with E-state index in [0.717, 1.165) is 10.5 Å². The largest absolute Gasteiger partial charge is 0.480 e. The third kappa shape index (κ3) is 12.4. The fourth-order valence-corrected chi connectivity index (χ4v) is 6.17. The van der Waals surface area contributed by atoms with E-state index in [1.807, 2.05) is 78.8 Å².